The molecule has 1 saturated heterocycles. The molecule has 4 rings (SSSR count). The molecule has 4 nitrogen and oxygen atoms in total. The van der Waals surface area contributed by atoms with Crippen molar-refractivity contribution in [2.75, 3.05) is 0 Å². The van der Waals surface area contributed by atoms with Gasteiger partial charge in [0, 0.05) is 34.8 Å². The number of benzene rings is 1. The zero-order valence-electron chi connectivity index (χ0n) is 12.4. The van der Waals surface area contributed by atoms with Crippen molar-refractivity contribution in [1.29, 1.82) is 0 Å². The number of halogens is 2. The molecule has 3 heterocycles. The Hall–Kier alpha value is -2.01. The molecule has 2 aromatic rings. The van der Waals surface area contributed by atoms with Gasteiger partial charge in [-0.05, 0) is 25.0 Å². The van der Waals surface area contributed by atoms with E-state index < -0.39 is 5.82 Å². The van der Waals surface area contributed by atoms with Gasteiger partial charge in [-0.15, -0.1) is 0 Å². The van der Waals surface area contributed by atoms with Gasteiger partial charge in [0.2, 0.25) is 5.91 Å². The zero-order valence-corrected chi connectivity index (χ0v) is 13.1. The van der Waals surface area contributed by atoms with Crippen molar-refractivity contribution in [2.24, 2.45) is 0 Å². The van der Waals surface area contributed by atoms with E-state index in [9.17, 15) is 9.18 Å². The van der Waals surface area contributed by atoms with Gasteiger partial charge in [0.05, 0.1) is 18.2 Å². The summed E-state index contributed by atoms with van der Waals surface area (Å²) in [7, 11) is 0. The molecule has 1 aromatic heterocycles. The summed E-state index contributed by atoms with van der Waals surface area (Å²) in [6.07, 6.45) is 5.92. The van der Waals surface area contributed by atoms with Crippen LogP contribution in [0.3, 0.4) is 0 Å². The highest BCUT2D eigenvalue weighted by atomic mass is 35.5. The third-order valence-corrected chi connectivity index (χ3v) is 5.15. The molecule has 0 saturated carbocycles. The second kappa shape index (κ2) is 5.57. The molecule has 2 aliphatic rings. The van der Waals surface area contributed by atoms with Gasteiger partial charge in [0.15, 0.2) is 0 Å². The number of rotatable bonds is 2. The standard InChI is InChI=1S/C17H15ClFN3O/c18-13-2-1-3-14(19)11(13)7-17(23)22-10-4-5-16(22)12-8-20-9-21-15(12)6-10/h1-3,8-10,16H,4-7H2. The first-order chi connectivity index (χ1) is 11.1. The molecule has 0 radical (unpaired) electrons. The first-order valence-corrected chi connectivity index (χ1v) is 8.06. The fraction of sp³-hybridized carbons (Fsp3) is 0.353. The molecule has 2 atom stereocenters. The number of carbonyl (C=O) groups excluding carboxylic acids is 1. The molecule has 1 amide bonds. The Kier molecular flexibility index (Phi) is 3.53. The molecule has 1 fully saturated rings. The first kappa shape index (κ1) is 14.6. The van der Waals surface area contributed by atoms with Gasteiger partial charge in [-0.1, -0.05) is 17.7 Å². The Morgan fingerprint density at radius 2 is 2.26 bits per heavy atom. The monoisotopic (exact) mass is 331 g/mol. The predicted octanol–water partition coefficient (Wildman–Crippen LogP) is 3.10. The smallest absolute Gasteiger partial charge is 0.227 e. The molecule has 0 spiro atoms. The van der Waals surface area contributed by atoms with E-state index in [1.54, 1.807) is 24.7 Å². The second-order valence-electron chi connectivity index (χ2n) is 6.05. The lowest BCUT2D eigenvalue weighted by Crippen LogP contribution is -2.43. The fourth-order valence-corrected chi connectivity index (χ4v) is 3.98. The van der Waals surface area contributed by atoms with E-state index >= 15 is 0 Å². The van der Waals surface area contributed by atoms with Crippen molar-refractivity contribution in [3.63, 3.8) is 0 Å². The van der Waals surface area contributed by atoms with Crippen molar-refractivity contribution in [3.8, 4) is 0 Å². The predicted molar refractivity (Wildman–Crippen MR) is 83.5 cm³/mol. The van der Waals surface area contributed by atoms with E-state index in [1.807, 2.05) is 4.90 Å². The van der Waals surface area contributed by atoms with Gasteiger partial charge >= 0.3 is 0 Å². The minimum Gasteiger partial charge on any atom is -0.332 e. The van der Waals surface area contributed by atoms with Crippen molar-refractivity contribution < 1.29 is 9.18 Å². The summed E-state index contributed by atoms with van der Waals surface area (Å²) < 4.78 is 14.0. The molecular formula is C17H15ClFN3O. The Morgan fingerprint density at radius 1 is 1.39 bits per heavy atom. The van der Waals surface area contributed by atoms with Gasteiger partial charge in [-0.25, -0.2) is 14.4 Å². The van der Waals surface area contributed by atoms with Crippen LogP contribution in [0.25, 0.3) is 0 Å². The third-order valence-electron chi connectivity index (χ3n) is 4.80. The summed E-state index contributed by atoms with van der Waals surface area (Å²) in [6.45, 7) is 0. The molecule has 118 valence electrons. The number of fused-ring (bicyclic) bond motifs is 4. The van der Waals surface area contributed by atoms with Crippen molar-refractivity contribution in [2.45, 2.75) is 37.8 Å². The number of hydrogen-bond acceptors (Lipinski definition) is 3. The number of nitrogens with zero attached hydrogens (tertiary/aromatic N) is 3. The van der Waals surface area contributed by atoms with Crippen LogP contribution in [0.5, 0.6) is 0 Å². The highest BCUT2D eigenvalue weighted by Crippen LogP contribution is 2.43. The number of hydrogen-bond donors (Lipinski definition) is 0. The van der Waals surface area contributed by atoms with E-state index in [-0.39, 0.29) is 30.0 Å². The normalized spacial score (nSPS) is 22.1. The Balaban J connectivity index is 1.63. The first-order valence-electron chi connectivity index (χ1n) is 7.68. The van der Waals surface area contributed by atoms with Crippen LogP contribution >= 0.6 is 11.6 Å². The summed E-state index contributed by atoms with van der Waals surface area (Å²) in [5, 5.41) is 0.298. The minimum absolute atomic E-state index is 0.00278. The lowest BCUT2D eigenvalue weighted by atomic mass is 9.98. The van der Waals surface area contributed by atoms with Gasteiger partial charge < -0.3 is 4.90 Å². The van der Waals surface area contributed by atoms with E-state index in [2.05, 4.69) is 9.97 Å². The molecule has 1 aromatic carbocycles. The van der Waals surface area contributed by atoms with Crippen LogP contribution in [-0.4, -0.2) is 26.8 Å². The second-order valence-corrected chi connectivity index (χ2v) is 6.46. The van der Waals surface area contributed by atoms with Crippen molar-refractivity contribution in [1.82, 2.24) is 14.9 Å². The molecule has 0 aliphatic carbocycles. The molecule has 2 bridgehead atoms. The fourth-order valence-electron chi connectivity index (χ4n) is 3.75. The molecule has 6 heteroatoms. The van der Waals surface area contributed by atoms with Crippen LogP contribution in [-0.2, 0) is 17.6 Å². The molecular weight excluding hydrogens is 317 g/mol. The van der Waals surface area contributed by atoms with E-state index in [0.29, 0.717) is 5.02 Å². The highest BCUT2D eigenvalue weighted by molar-refractivity contribution is 6.31. The van der Waals surface area contributed by atoms with Crippen molar-refractivity contribution in [3.05, 3.63) is 58.4 Å². The molecule has 2 unspecified atom stereocenters. The third kappa shape index (κ3) is 2.39. The maximum Gasteiger partial charge on any atom is 0.227 e. The molecule has 23 heavy (non-hydrogen) atoms. The summed E-state index contributed by atoms with van der Waals surface area (Å²) in [5.74, 6) is -0.516. The SMILES string of the molecule is O=C(Cc1c(F)cccc1Cl)N1C2CCC1c1cncnc1C2. The van der Waals surface area contributed by atoms with E-state index in [0.717, 1.165) is 30.5 Å². The number of amides is 1. The molecule has 2 aliphatic heterocycles. The van der Waals surface area contributed by atoms with Crippen LogP contribution < -0.4 is 0 Å². The lowest BCUT2D eigenvalue weighted by Gasteiger charge is -2.35. The van der Waals surface area contributed by atoms with Crippen molar-refractivity contribution >= 4 is 17.5 Å². The number of aromatic nitrogens is 2. The van der Waals surface area contributed by atoms with E-state index in [1.165, 1.54) is 6.07 Å². The van der Waals surface area contributed by atoms with Crippen LogP contribution in [0, 0.1) is 5.82 Å². The zero-order chi connectivity index (χ0) is 16.0. The molecule has 0 N–H and O–H groups in total. The van der Waals surface area contributed by atoms with Crippen LogP contribution in [0.2, 0.25) is 5.02 Å². The van der Waals surface area contributed by atoms with Crippen LogP contribution in [0.15, 0.2) is 30.7 Å². The van der Waals surface area contributed by atoms with Gasteiger partial charge in [0.1, 0.15) is 12.1 Å². The number of carbonyl (C=O) groups is 1. The maximum atomic E-state index is 14.0. The summed E-state index contributed by atoms with van der Waals surface area (Å²) in [4.78, 5) is 23.1. The van der Waals surface area contributed by atoms with E-state index in [4.69, 9.17) is 11.6 Å². The van der Waals surface area contributed by atoms with Gasteiger partial charge in [-0.3, -0.25) is 4.79 Å². The largest absolute Gasteiger partial charge is 0.332 e. The Labute approximate surface area is 138 Å². The van der Waals surface area contributed by atoms with Crippen LogP contribution in [0.4, 0.5) is 4.39 Å². The average Bonchev–Trinajstić information content (AvgIpc) is 2.86. The van der Waals surface area contributed by atoms with Gasteiger partial charge in [-0.2, -0.15) is 0 Å². The summed E-state index contributed by atoms with van der Waals surface area (Å²) in [6, 6.07) is 4.64. The Bertz CT molecular complexity index is 762. The summed E-state index contributed by atoms with van der Waals surface area (Å²) >= 11 is 6.05. The maximum absolute atomic E-state index is 14.0. The van der Waals surface area contributed by atoms with Gasteiger partial charge in [0.25, 0.3) is 0 Å². The average molecular weight is 332 g/mol. The minimum atomic E-state index is -0.432. The lowest BCUT2D eigenvalue weighted by molar-refractivity contribution is -0.134. The summed E-state index contributed by atoms with van der Waals surface area (Å²) in [5.41, 5.74) is 2.32. The Morgan fingerprint density at radius 3 is 3.09 bits per heavy atom. The van der Waals surface area contributed by atoms with Crippen LogP contribution in [0.1, 0.15) is 35.7 Å². The highest BCUT2D eigenvalue weighted by Gasteiger charge is 2.43. The quantitative estimate of drug-likeness (QED) is 0.849. The topological polar surface area (TPSA) is 46.1 Å².